The third kappa shape index (κ3) is 1.88. The van der Waals surface area contributed by atoms with E-state index in [1.807, 2.05) is 18.2 Å². The minimum atomic E-state index is -0.412. The van der Waals surface area contributed by atoms with Gasteiger partial charge in [-0.15, -0.1) is 0 Å². The molecule has 5 heteroatoms. The molecule has 2 aromatic rings. The fraction of sp³-hybridized carbons (Fsp3) is 0.308. The zero-order chi connectivity index (χ0) is 12.4. The summed E-state index contributed by atoms with van der Waals surface area (Å²) in [5, 5.41) is 3.86. The van der Waals surface area contributed by atoms with Crippen molar-refractivity contribution in [2.75, 3.05) is 0 Å². The standard InChI is InChI=1S/C13H13N3O2/c17-13-16(11-6-2-1-3-7-11)12(15-18-13)10-5-4-8-14-9-10/h2,4-6,8-9,11H,1,3,7H2. The van der Waals surface area contributed by atoms with Gasteiger partial charge in [-0.05, 0) is 31.4 Å². The van der Waals surface area contributed by atoms with E-state index < -0.39 is 5.76 Å². The Morgan fingerprint density at radius 2 is 2.39 bits per heavy atom. The monoisotopic (exact) mass is 243 g/mol. The smallest absolute Gasteiger partial charge is 0.295 e. The maximum absolute atomic E-state index is 11.8. The molecule has 92 valence electrons. The summed E-state index contributed by atoms with van der Waals surface area (Å²) in [7, 11) is 0. The molecule has 1 unspecified atom stereocenters. The highest BCUT2D eigenvalue weighted by Crippen LogP contribution is 2.25. The fourth-order valence-corrected chi connectivity index (χ4v) is 2.25. The zero-order valence-electron chi connectivity index (χ0n) is 9.82. The molecule has 1 aliphatic carbocycles. The fourth-order valence-electron chi connectivity index (χ4n) is 2.25. The van der Waals surface area contributed by atoms with Crippen molar-refractivity contribution < 1.29 is 4.52 Å². The summed E-state index contributed by atoms with van der Waals surface area (Å²) in [6, 6.07) is 3.72. The van der Waals surface area contributed by atoms with Crippen molar-refractivity contribution in [3.05, 3.63) is 47.2 Å². The third-order valence-corrected chi connectivity index (χ3v) is 3.12. The van der Waals surface area contributed by atoms with Crippen LogP contribution in [0.3, 0.4) is 0 Å². The summed E-state index contributed by atoms with van der Waals surface area (Å²) in [4.78, 5) is 15.8. The van der Waals surface area contributed by atoms with Gasteiger partial charge >= 0.3 is 5.76 Å². The van der Waals surface area contributed by atoms with Gasteiger partial charge in [0.1, 0.15) is 0 Å². The number of aromatic nitrogens is 3. The second-order valence-corrected chi connectivity index (χ2v) is 4.31. The zero-order valence-corrected chi connectivity index (χ0v) is 9.82. The first-order valence-electron chi connectivity index (χ1n) is 6.01. The van der Waals surface area contributed by atoms with Crippen LogP contribution in [-0.4, -0.2) is 14.7 Å². The van der Waals surface area contributed by atoms with Crippen LogP contribution in [0.2, 0.25) is 0 Å². The van der Waals surface area contributed by atoms with Crippen LogP contribution in [0.25, 0.3) is 11.4 Å². The Bertz CT molecular complexity index is 613. The average Bonchev–Trinajstić information content (AvgIpc) is 2.83. The summed E-state index contributed by atoms with van der Waals surface area (Å²) in [6.45, 7) is 0. The summed E-state index contributed by atoms with van der Waals surface area (Å²) >= 11 is 0. The first-order valence-corrected chi connectivity index (χ1v) is 6.01. The van der Waals surface area contributed by atoms with E-state index >= 15 is 0 Å². The summed E-state index contributed by atoms with van der Waals surface area (Å²) in [6.07, 6.45) is 10.6. The van der Waals surface area contributed by atoms with Gasteiger partial charge in [0, 0.05) is 18.0 Å². The Labute approximate surface area is 104 Å². The highest BCUT2D eigenvalue weighted by molar-refractivity contribution is 5.52. The second-order valence-electron chi connectivity index (χ2n) is 4.31. The molecule has 2 aromatic heterocycles. The van der Waals surface area contributed by atoms with Crippen molar-refractivity contribution in [1.29, 1.82) is 0 Å². The normalized spacial score (nSPS) is 19.0. The summed E-state index contributed by atoms with van der Waals surface area (Å²) in [5.74, 6) is 0.134. The molecule has 0 bridgehead atoms. The van der Waals surface area contributed by atoms with Crippen LogP contribution in [-0.2, 0) is 0 Å². The maximum atomic E-state index is 11.8. The molecule has 0 saturated heterocycles. The van der Waals surface area contributed by atoms with Gasteiger partial charge in [0.2, 0.25) is 0 Å². The van der Waals surface area contributed by atoms with Crippen molar-refractivity contribution in [1.82, 2.24) is 14.7 Å². The molecule has 0 fully saturated rings. The number of nitrogens with zero attached hydrogens (tertiary/aromatic N) is 3. The first-order chi connectivity index (χ1) is 8.86. The Hall–Kier alpha value is -2.17. The van der Waals surface area contributed by atoms with Crippen molar-refractivity contribution in [2.24, 2.45) is 0 Å². The van der Waals surface area contributed by atoms with Crippen LogP contribution >= 0.6 is 0 Å². The number of rotatable bonds is 2. The van der Waals surface area contributed by atoms with Crippen molar-refractivity contribution in [2.45, 2.75) is 25.3 Å². The topological polar surface area (TPSA) is 60.9 Å². The van der Waals surface area contributed by atoms with E-state index in [0.717, 1.165) is 24.8 Å². The van der Waals surface area contributed by atoms with Gasteiger partial charge in [-0.25, -0.2) is 9.36 Å². The molecule has 1 aliphatic rings. The van der Waals surface area contributed by atoms with Crippen molar-refractivity contribution >= 4 is 0 Å². The van der Waals surface area contributed by atoms with E-state index in [2.05, 4.69) is 16.2 Å². The minimum Gasteiger partial charge on any atom is -0.295 e. The molecule has 0 aromatic carbocycles. The van der Waals surface area contributed by atoms with Crippen molar-refractivity contribution in [3.63, 3.8) is 0 Å². The lowest BCUT2D eigenvalue weighted by Crippen LogP contribution is -2.21. The second kappa shape index (κ2) is 4.60. The number of hydrogen-bond acceptors (Lipinski definition) is 4. The van der Waals surface area contributed by atoms with E-state index in [1.54, 1.807) is 17.0 Å². The predicted molar refractivity (Wildman–Crippen MR) is 66.0 cm³/mol. The average molecular weight is 243 g/mol. The van der Waals surface area contributed by atoms with Gasteiger partial charge in [-0.2, -0.15) is 0 Å². The van der Waals surface area contributed by atoms with Gasteiger partial charge in [-0.1, -0.05) is 17.3 Å². The maximum Gasteiger partial charge on any atom is 0.442 e. The summed E-state index contributed by atoms with van der Waals surface area (Å²) in [5.41, 5.74) is 0.794. The molecule has 0 N–H and O–H groups in total. The quantitative estimate of drug-likeness (QED) is 0.758. The molecule has 0 amide bonds. The lowest BCUT2D eigenvalue weighted by molar-refractivity contribution is 0.366. The SMILES string of the molecule is O=c1onc(-c2cccnc2)n1C1C=CCCC1. The van der Waals surface area contributed by atoms with E-state index in [4.69, 9.17) is 4.52 Å². The van der Waals surface area contributed by atoms with Crippen LogP contribution in [0.15, 0.2) is 46.0 Å². The van der Waals surface area contributed by atoms with E-state index in [1.165, 1.54) is 0 Å². The molecular weight excluding hydrogens is 230 g/mol. The molecule has 2 heterocycles. The van der Waals surface area contributed by atoms with E-state index in [-0.39, 0.29) is 6.04 Å². The van der Waals surface area contributed by atoms with E-state index in [0.29, 0.717) is 5.82 Å². The molecule has 0 aliphatic heterocycles. The van der Waals surface area contributed by atoms with Crippen LogP contribution in [0, 0.1) is 0 Å². The lowest BCUT2D eigenvalue weighted by Gasteiger charge is -2.17. The van der Waals surface area contributed by atoms with Crippen LogP contribution < -0.4 is 5.76 Å². The lowest BCUT2D eigenvalue weighted by atomic mass is 10.0. The van der Waals surface area contributed by atoms with Gasteiger partial charge in [-0.3, -0.25) is 9.51 Å². The number of allylic oxidation sites excluding steroid dienone is 2. The molecule has 5 nitrogen and oxygen atoms in total. The predicted octanol–water partition coefficient (Wildman–Crippen LogP) is 2.18. The molecule has 0 spiro atoms. The number of pyridine rings is 1. The third-order valence-electron chi connectivity index (χ3n) is 3.12. The first kappa shape index (κ1) is 11.0. The highest BCUT2D eigenvalue weighted by Gasteiger charge is 2.20. The minimum absolute atomic E-state index is 0.0349. The Balaban J connectivity index is 2.09. The highest BCUT2D eigenvalue weighted by atomic mass is 16.5. The molecule has 0 radical (unpaired) electrons. The molecule has 18 heavy (non-hydrogen) atoms. The Kier molecular flexibility index (Phi) is 2.80. The summed E-state index contributed by atoms with van der Waals surface area (Å²) < 4.78 is 6.40. The van der Waals surface area contributed by atoms with Crippen LogP contribution in [0.5, 0.6) is 0 Å². The van der Waals surface area contributed by atoms with Gasteiger partial charge in [0.15, 0.2) is 5.82 Å². The molecular formula is C13H13N3O2. The van der Waals surface area contributed by atoms with Crippen LogP contribution in [0.4, 0.5) is 0 Å². The van der Waals surface area contributed by atoms with Gasteiger partial charge < -0.3 is 0 Å². The van der Waals surface area contributed by atoms with Gasteiger partial charge in [0.05, 0.1) is 6.04 Å². The molecule has 3 rings (SSSR count). The Morgan fingerprint density at radius 3 is 3.11 bits per heavy atom. The van der Waals surface area contributed by atoms with Crippen molar-refractivity contribution in [3.8, 4) is 11.4 Å². The largest absolute Gasteiger partial charge is 0.442 e. The number of hydrogen-bond donors (Lipinski definition) is 0. The Morgan fingerprint density at radius 1 is 1.44 bits per heavy atom. The molecule has 1 atom stereocenters. The molecule has 0 saturated carbocycles. The van der Waals surface area contributed by atoms with Gasteiger partial charge in [0.25, 0.3) is 0 Å². The van der Waals surface area contributed by atoms with E-state index in [9.17, 15) is 4.79 Å². The van der Waals surface area contributed by atoms with Crippen LogP contribution in [0.1, 0.15) is 25.3 Å².